The van der Waals surface area contributed by atoms with Gasteiger partial charge in [0, 0.05) is 0 Å². The van der Waals surface area contributed by atoms with Crippen LogP contribution < -0.4 is 12.4 Å². The van der Waals surface area contributed by atoms with E-state index in [4.69, 9.17) is 11.8 Å². The maximum atomic E-state index is 5.96. The van der Waals surface area contributed by atoms with Crippen molar-refractivity contribution in [1.82, 2.24) is 4.90 Å². The molecule has 1 aliphatic rings. The summed E-state index contributed by atoms with van der Waals surface area (Å²) in [7, 11) is 4.12. The van der Waals surface area contributed by atoms with Gasteiger partial charge in [0.1, 0.15) is 6.54 Å². The number of rotatable bonds is 0. The lowest BCUT2D eigenvalue weighted by atomic mass is 10.6. The predicted molar refractivity (Wildman–Crippen MR) is 34.4 cm³/mol. The maximum absolute atomic E-state index is 5.96. The fraction of sp³-hybridized carbons (Fsp3) is 1.00. The van der Waals surface area contributed by atoms with Crippen molar-refractivity contribution in [2.24, 2.45) is 0 Å². The average Bonchev–Trinajstić information content (AvgIpc) is 1.82. The van der Waals surface area contributed by atoms with Crippen molar-refractivity contribution in [1.29, 1.82) is 0 Å². The number of hydrogen-bond donors (Lipinski definition) is 0. The van der Waals surface area contributed by atoms with Gasteiger partial charge in [0.05, 0.1) is 13.6 Å². The molecule has 1 aliphatic heterocycles. The molecule has 0 saturated carbocycles. The van der Waals surface area contributed by atoms with Crippen LogP contribution in [0.25, 0.3) is 0 Å². The molecule has 9 heavy (non-hydrogen) atoms. The highest BCUT2D eigenvalue weighted by Gasteiger charge is 2.28. The first kappa shape index (κ1) is 9.50. The van der Waals surface area contributed by atoms with Crippen LogP contribution in [0.5, 0.6) is 0 Å². The third-order valence-electron chi connectivity index (χ3n) is 1.48. The van der Waals surface area contributed by atoms with E-state index < -0.39 is 0 Å². The molecule has 1 heterocycles. The number of halogens is 2. The minimum absolute atomic E-state index is 0. The Morgan fingerprint density at radius 1 is 1.56 bits per heavy atom. The van der Waals surface area contributed by atoms with Gasteiger partial charge in [-0.25, -0.2) is 4.00 Å². The van der Waals surface area contributed by atoms with Gasteiger partial charge in [-0.3, -0.25) is 4.90 Å². The van der Waals surface area contributed by atoms with E-state index in [1.807, 2.05) is 7.05 Å². The zero-order valence-corrected chi connectivity index (χ0v) is 7.28. The molecular formula is C5H12Cl2N2. The quantitative estimate of drug-likeness (QED) is 0.364. The Labute approximate surface area is 67.5 Å². The molecule has 1 fully saturated rings. The van der Waals surface area contributed by atoms with Gasteiger partial charge in [-0.05, 0) is 7.05 Å². The standard InChI is InChI=1S/C5H12ClN2.ClH/c1-7-3-4-8(2,6)5-7;/h3-5H2,1-2H3;1H/q+1;/p-1. The van der Waals surface area contributed by atoms with E-state index in [1.165, 1.54) is 0 Å². The fourth-order valence-corrected chi connectivity index (χ4v) is 1.28. The lowest BCUT2D eigenvalue weighted by molar-refractivity contribution is -0.784. The van der Waals surface area contributed by atoms with Gasteiger partial charge in [0.2, 0.25) is 0 Å². The van der Waals surface area contributed by atoms with Gasteiger partial charge >= 0.3 is 0 Å². The lowest BCUT2D eigenvalue weighted by Gasteiger charge is -2.15. The normalized spacial score (nSPS) is 36.3. The van der Waals surface area contributed by atoms with Crippen molar-refractivity contribution in [3.63, 3.8) is 0 Å². The zero-order valence-electron chi connectivity index (χ0n) is 5.77. The topological polar surface area (TPSA) is 3.24 Å². The Kier molecular flexibility index (Phi) is 3.23. The first-order chi connectivity index (χ1) is 3.60. The summed E-state index contributed by atoms with van der Waals surface area (Å²) >= 11 is 5.96. The van der Waals surface area contributed by atoms with Crippen LogP contribution in [-0.2, 0) is 0 Å². The van der Waals surface area contributed by atoms with E-state index in [0.717, 1.165) is 19.8 Å². The molecule has 56 valence electrons. The summed E-state index contributed by atoms with van der Waals surface area (Å²) in [5.41, 5.74) is 0. The fourth-order valence-electron chi connectivity index (χ4n) is 1.02. The third kappa shape index (κ3) is 2.72. The van der Waals surface area contributed by atoms with Crippen molar-refractivity contribution in [3.8, 4) is 0 Å². The summed E-state index contributed by atoms with van der Waals surface area (Å²) in [6, 6.07) is 0. The van der Waals surface area contributed by atoms with Gasteiger partial charge in [0.25, 0.3) is 0 Å². The predicted octanol–water partition coefficient (Wildman–Crippen LogP) is -2.51. The minimum atomic E-state index is 0. The second kappa shape index (κ2) is 3.06. The summed E-state index contributed by atoms with van der Waals surface area (Å²) in [6.45, 7) is 3.17. The Morgan fingerprint density at radius 2 is 2.11 bits per heavy atom. The van der Waals surface area contributed by atoms with Gasteiger partial charge in [-0.15, -0.1) is 0 Å². The third-order valence-corrected chi connectivity index (χ3v) is 1.76. The summed E-state index contributed by atoms with van der Waals surface area (Å²) in [5.74, 6) is 0. The summed E-state index contributed by atoms with van der Waals surface area (Å²) in [4.78, 5) is 2.23. The SMILES string of the molecule is CN1CC[N+](C)(Cl)C1.[Cl-]. The minimum Gasteiger partial charge on any atom is -1.00 e. The van der Waals surface area contributed by atoms with Gasteiger partial charge in [-0.1, -0.05) is 0 Å². The van der Waals surface area contributed by atoms with E-state index in [1.54, 1.807) is 0 Å². The van der Waals surface area contributed by atoms with Crippen molar-refractivity contribution in [3.05, 3.63) is 0 Å². The largest absolute Gasteiger partial charge is 1.00 e. The Hall–Kier alpha value is 0.500. The Morgan fingerprint density at radius 3 is 2.22 bits per heavy atom. The molecule has 0 bridgehead atoms. The maximum Gasteiger partial charge on any atom is 0.166 e. The van der Waals surface area contributed by atoms with Gasteiger partial charge < -0.3 is 12.4 Å². The molecule has 0 aromatic carbocycles. The molecule has 0 spiro atoms. The Bertz CT molecular complexity index is 95.0. The van der Waals surface area contributed by atoms with E-state index in [-0.39, 0.29) is 12.4 Å². The Balaban J connectivity index is 0.000000640. The smallest absolute Gasteiger partial charge is 0.166 e. The van der Waals surface area contributed by atoms with Crippen LogP contribution in [0.1, 0.15) is 0 Å². The average molecular weight is 171 g/mol. The highest BCUT2D eigenvalue weighted by atomic mass is 35.5. The van der Waals surface area contributed by atoms with E-state index in [2.05, 4.69) is 11.9 Å². The summed E-state index contributed by atoms with van der Waals surface area (Å²) < 4.78 is 0.635. The van der Waals surface area contributed by atoms with Gasteiger partial charge in [-0.2, -0.15) is 0 Å². The molecule has 1 saturated heterocycles. The molecule has 0 radical (unpaired) electrons. The summed E-state index contributed by atoms with van der Waals surface area (Å²) in [6.07, 6.45) is 0. The van der Waals surface area contributed by atoms with E-state index >= 15 is 0 Å². The molecule has 4 heteroatoms. The van der Waals surface area contributed by atoms with Gasteiger partial charge in [0.15, 0.2) is 18.4 Å². The van der Waals surface area contributed by atoms with Crippen LogP contribution in [-0.4, -0.2) is 42.8 Å². The van der Waals surface area contributed by atoms with Crippen LogP contribution in [0.3, 0.4) is 0 Å². The molecule has 0 aliphatic carbocycles. The zero-order chi connectivity index (χ0) is 6.20. The molecule has 0 aromatic rings. The second-order valence-corrected chi connectivity index (χ2v) is 3.52. The van der Waals surface area contributed by atoms with E-state index in [0.29, 0.717) is 4.00 Å². The van der Waals surface area contributed by atoms with Crippen molar-refractivity contribution in [2.75, 3.05) is 33.9 Å². The number of quaternary nitrogens is 1. The summed E-state index contributed by atoms with van der Waals surface area (Å²) in [5, 5.41) is 0. The highest BCUT2D eigenvalue weighted by molar-refractivity contribution is 6.06. The monoisotopic (exact) mass is 170 g/mol. The van der Waals surface area contributed by atoms with Crippen LogP contribution in [0.15, 0.2) is 0 Å². The van der Waals surface area contributed by atoms with Crippen LogP contribution in [0.2, 0.25) is 0 Å². The highest BCUT2D eigenvalue weighted by Crippen LogP contribution is 2.14. The van der Waals surface area contributed by atoms with Crippen molar-refractivity contribution >= 4 is 11.8 Å². The molecular weight excluding hydrogens is 159 g/mol. The molecule has 2 nitrogen and oxygen atoms in total. The molecule has 0 N–H and O–H groups in total. The first-order valence-corrected chi connectivity index (χ1v) is 3.17. The van der Waals surface area contributed by atoms with Crippen LogP contribution >= 0.6 is 11.8 Å². The second-order valence-electron chi connectivity index (χ2n) is 2.71. The first-order valence-electron chi connectivity index (χ1n) is 2.83. The molecule has 1 unspecified atom stereocenters. The molecule has 1 atom stereocenters. The molecule has 1 rings (SSSR count). The lowest BCUT2D eigenvalue weighted by Crippen LogP contribution is -3.00. The number of hydrogen-bond acceptors (Lipinski definition) is 1. The van der Waals surface area contributed by atoms with Crippen molar-refractivity contribution < 1.29 is 16.4 Å². The van der Waals surface area contributed by atoms with Crippen molar-refractivity contribution in [2.45, 2.75) is 0 Å². The molecule has 0 aromatic heterocycles. The van der Waals surface area contributed by atoms with Crippen LogP contribution in [0.4, 0.5) is 0 Å². The molecule has 0 amide bonds. The number of nitrogens with zero attached hydrogens (tertiary/aromatic N) is 2. The van der Waals surface area contributed by atoms with E-state index in [9.17, 15) is 0 Å². The van der Waals surface area contributed by atoms with Crippen LogP contribution in [0, 0.1) is 0 Å². The number of likely N-dealkylation sites (N-methyl/N-ethyl adjacent to an activating group) is 2.